The van der Waals surface area contributed by atoms with Gasteiger partial charge in [-0.15, -0.1) is 0 Å². The van der Waals surface area contributed by atoms with Crippen LogP contribution in [0.2, 0.25) is 10.0 Å². The highest BCUT2D eigenvalue weighted by molar-refractivity contribution is 6.34. The van der Waals surface area contributed by atoms with Gasteiger partial charge in [-0.25, -0.2) is 0 Å². The van der Waals surface area contributed by atoms with Gasteiger partial charge in [0.15, 0.2) is 0 Å². The van der Waals surface area contributed by atoms with Crippen molar-refractivity contribution in [2.75, 3.05) is 11.9 Å². The standard InChI is InChI=1S/C30H21Cl2F3N4O3/c31-20-6-4-17(24(13-20)18-5-9-26(39-16-18)29(42)37-11-10-27(40)41)15-38-21-7-8-22(19(12-21)14-36)23-2-1-3-25(28(23)32)30(33,34)35/h1-9,12-13,16,38H,10-11,15H2,(H,37,42)(H,40,41). The molecule has 0 fully saturated rings. The Morgan fingerprint density at radius 1 is 0.976 bits per heavy atom. The Bertz CT molecular complexity index is 1690. The molecule has 42 heavy (non-hydrogen) atoms. The molecule has 7 nitrogen and oxygen atoms in total. The van der Waals surface area contributed by atoms with E-state index >= 15 is 0 Å². The molecule has 1 heterocycles. The van der Waals surface area contributed by atoms with Crippen LogP contribution in [0.1, 0.15) is 33.6 Å². The lowest BCUT2D eigenvalue weighted by atomic mass is 9.97. The fourth-order valence-corrected chi connectivity index (χ4v) is 4.68. The van der Waals surface area contributed by atoms with Gasteiger partial charge in [0.2, 0.25) is 0 Å². The Balaban J connectivity index is 1.54. The summed E-state index contributed by atoms with van der Waals surface area (Å²) in [5.74, 6) is -1.53. The Hall–Kier alpha value is -4.59. The number of carbonyl (C=O) groups excluding carboxylic acids is 1. The number of alkyl halides is 3. The Morgan fingerprint density at radius 3 is 2.43 bits per heavy atom. The maximum atomic E-state index is 13.3. The molecule has 214 valence electrons. The summed E-state index contributed by atoms with van der Waals surface area (Å²) in [4.78, 5) is 27.1. The summed E-state index contributed by atoms with van der Waals surface area (Å²) in [6.07, 6.45) is -3.34. The summed E-state index contributed by atoms with van der Waals surface area (Å²) in [6, 6.07) is 18.7. The Labute approximate surface area is 248 Å². The molecule has 3 N–H and O–H groups in total. The zero-order valence-electron chi connectivity index (χ0n) is 21.6. The van der Waals surface area contributed by atoms with E-state index in [9.17, 15) is 28.0 Å². The average Bonchev–Trinajstić information content (AvgIpc) is 2.96. The van der Waals surface area contributed by atoms with Crippen LogP contribution < -0.4 is 10.6 Å². The molecule has 0 saturated carbocycles. The first kappa shape index (κ1) is 30.4. The first-order valence-electron chi connectivity index (χ1n) is 12.4. The molecule has 12 heteroatoms. The van der Waals surface area contributed by atoms with E-state index in [1.165, 1.54) is 36.5 Å². The number of benzene rings is 3. The summed E-state index contributed by atoms with van der Waals surface area (Å²) < 4.78 is 40.0. The van der Waals surface area contributed by atoms with Gasteiger partial charge in [-0.2, -0.15) is 18.4 Å². The van der Waals surface area contributed by atoms with Crippen LogP contribution in [0.5, 0.6) is 0 Å². The summed E-state index contributed by atoms with van der Waals surface area (Å²) in [6.45, 7) is 0.266. The minimum absolute atomic E-state index is 0.0246. The van der Waals surface area contributed by atoms with E-state index in [1.54, 1.807) is 30.3 Å². The van der Waals surface area contributed by atoms with Gasteiger partial charge in [0.25, 0.3) is 5.91 Å². The number of hydrogen-bond donors (Lipinski definition) is 3. The molecule has 0 aliphatic carbocycles. The molecule has 4 aromatic rings. The van der Waals surface area contributed by atoms with Crippen molar-refractivity contribution in [2.45, 2.75) is 19.1 Å². The van der Waals surface area contributed by atoms with E-state index in [-0.39, 0.29) is 35.3 Å². The third-order valence-corrected chi connectivity index (χ3v) is 6.86. The molecule has 0 saturated heterocycles. The number of rotatable bonds is 9. The number of nitrogens with zero attached hydrogens (tertiary/aromatic N) is 2. The lowest BCUT2D eigenvalue weighted by molar-refractivity contribution is -0.138. The van der Waals surface area contributed by atoms with Crippen molar-refractivity contribution in [1.29, 1.82) is 5.26 Å². The van der Waals surface area contributed by atoms with Crippen LogP contribution in [-0.2, 0) is 17.5 Å². The maximum Gasteiger partial charge on any atom is 0.417 e. The number of aromatic nitrogens is 1. The molecule has 0 atom stereocenters. The molecule has 4 rings (SSSR count). The third-order valence-electron chi connectivity index (χ3n) is 6.22. The lowest BCUT2D eigenvalue weighted by Gasteiger charge is -2.15. The highest BCUT2D eigenvalue weighted by Crippen LogP contribution is 2.41. The van der Waals surface area contributed by atoms with Crippen molar-refractivity contribution >= 4 is 40.8 Å². The van der Waals surface area contributed by atoms with Crippen LogP contribution in [0.15, 0.2) is 72.9 Å². The summed E-state index contributed by atoms with van der Waals surface area (Å²) in [7, 11) is 0. The van der Waals surface area contributed by atoms with Gasteiger partial charge in [0.1, 0.15) is 5.69 Å². The molecule has 0 radical (unpaired) electrons. The molecular weight excluding hydrogens is 592 g/mol. The van der Waals surface area contributed by atoms with E-state index in [0.717, 1.165) is 17.2 Å². The quantitative estimate of drug-likeness (QED) is 0.181. The number of hydrogen-bond acceptors (Lipinski definition) is 5. The van der Waals surface area contributed by atoms with Crippen molar-refractivity contribution < 1.29 is 27.9 Å². The fourth-order valence-electron chi connectivity index (χ4n) is 4.17. The van der Waals surface area contributed by atoms with Crippen LogP contribution in [-0.4, -0.2) is 28.5 Å². The summed E-state index contributed by atoms with van der Waals surface area (Å²) in [5.41, 5.74) is 2.40. The largest absolute Gasteiger partial charge is 0.481 e. The third kappa shape index (κ3) is 7.18. The van der Waals surface area contributed by atoms with Gasteiger partial charge in [-0.1, -0.05) is 53.5 Å². The monoisotopic (exact) mass is 612 g/mol. The number of nitriles is 1. The minimum atomic E-state index is -4.64. The molecule has 0 aliphatic heterocycles. The molecular formula is C30H21Cl2F3N4O3. The van der Waals surface area contributed by atoms with Crippen molar-refractivity contribution in [3.63, 3.8) is 0 Å². The molecule has 1 amide bonds. The van der Waals surface area contributed by atoms with Gasteiger partial charge in [-0.05, 0) is 47.5 Å². The summed E-state index contributed by atoms with van der Waals surface area (Å²) in [5, 5.41) is 24.2. The number of pyridine rings is 1. The number of carboxylic acids is 1. The number of nitrogens with one attached hydrogen (secondary N) is 2. The molecule has 0 unspecified atom stereocenters. The van der Waals surface area contributed by atoms with Crippen LogP contribution in [0.25, 0.3) is 22.3 Å². The molecule has 0 aliphatic rings. The number of carbonyl (C=O) groups is 2. The zero-order chi connectivity index (χ0) is 30.4. The Kier molecular flexibility index (Phi) is 9.35. The van der Waals surface area contributed by atoms with Crippen LogP contribution >= 0.6 is 23.2 Å². The van der Waals surface area contributed by atoms with Gasteiger partial charge in [-0.3, -0.25) is 14.6 Å². The number of anilines is 1. The van der Waals surface area contributed by atoms with E-state index in [1.807, 2.05) is 6.07 Å². The van der Waals surface area contributed by atoms with Crippen molar-refractivity contribution in [2.24, 2.45) is 0 Å². The summed E-state index contributed by atoms with van der Waals surface area (Å²) >= 11 is 12.3. The van der Waals surface area contributed by atoms with Crippen molar-refractivity contribution in [3.8, 4) is 28.3 Å². The second kappa shape index (κ2) is 12.9. The number of halogens is 5. The van der Waals surface area contributed by atoms with E-state index in [0.29, 0.717) is 22.8 Å². The van der Waals surface area contributed by atoms with Gasteiger partial charge >= 0.3 is 12.1 Å². The highest BCUT2D eigenvalue weighted by atomic mass is 35.5. The zero-order valence-corrected chi connectivity index (χ0v) is 23.1. The van der Waals surface area contributed by atoms with Crippen LogP contribution in [0.3, 0.4) is 0 Å². The molecule has 1 aromatic heterocycles. The number of carboxylic acid groups (broad SMARTS) is 1. The van der Waals surface area contributed by atoms with Crippen molar-refractivity contribution in [1.82, 2.24) is 10.3 Å². The predicted octanol–water partition coefficient (Wildman–Crippen LogP) is 7.43. The predicted molar refractivity (Wildman–Crippen MR) is 153 cm³/mol. The molecule has 0 spiro atoms. The number of amides is 1. The van der Waals surface area contributed by atoms with Gasteiger partial charge in [0.05, 0.1) is 28.6 Å². The second-order valence-corrected chi connectivity index (χ2v) is 9.84. The first-order chi connectivity index (χ1) is 20.0. The van der Waals surface area contributed by atoms with Gasteiger partial charge < -0.3 is 15.7 Å². The SMILES string of the molecule is N#Cc1cc(NCc2ccc(Cl)cc2-c2ccc(C(=O)NCCC(=O)O)nc2)ccc1-c1cccc(C(F)(F)F)c1Cl. The maximum absolute atomic E-state index is 13.3. The molecule has 0 bridgehead atoms. The van der Waals surface area contributed by atoms with E-state index in [4.69, 9.17) is 28.3 Å². The van der Waals surface area contributed by atoms with E-state index < -0.39 is 28.6 Å². The first-order valence-corrected chi connectivity index (χ1v) is 13.1. The minimum Gasteiger partial charge on any atom is -0.481 e. The number of aliphatic carboxylic acids is 1. The Morgan fingerprint density at radius 2 is 1.76 bits per heavy atom. The molecule has 3 aromatic carbocycles. The second-order valence-electron chi connectivity index (χ2n) is 9.02. The average molecular weight is 613 g/mol. The smallest absolute Gasteiger partial charge is 0.417 e. The highest BCUT2D eigenvalue weighted by Gasteiger charge is 2.34. The lowest BCUT2D eigenvalue weighted by Crippen LogP contribution is -2.26. The van der Waals surface area contributed by atoms with Crippen molar-refractivity contribution in [3.05, 3.63) is 105 Å². The van der Waals surface area contributed by atoms with Gasteiger partial charge in [0, 0.05) is 46.7 Å². The van der Waals surface area contributed by atoms with E-state index in [2.05, 4.69) is 15.6 Å². The van der Waals surface area contributed by atoms with Crippen LogP contribution in [0.4, 0.5) is 18.9 Å². The van der Waals surface area contributed by atoms with Crippen LogP contribution in [0, 0.1) is 11.3 Å². The fraction of sp³-hybridized carbons (Fsp3) is 0.133. The topological polar surface area (TPSA) is 115 Å². The normalized spacial score (nSPS) is 11.0.